The standard InChI is InChI=1S/C16H23NO2/c1-2-9-18-12-5-3-11(4-6-12)16(17)14-10-13-7-8-15(14)19-13/h3-6,13-16H,2,7-10,17H2,1H3. The molecule has 4 atom stereocenters. The Balaban J connectivity index is 1.65. The number of hydrogen-bond acceptors (Lipinski definition) is 3. The fourth-order valence-electron chi connectivity index (χ4n) is 3.31. The number of ether oxygens (including phenoxy) is 2. The maximum Gasteiger partial charge on any atom is 0.119 e. The van der Waals surface area contributed by atoms with E-state index >= 15 is 0 Å². The summed E-state index contributed by atoms with van der Waals surface area (Å²) in [5.41, 5.74) is 7.62. The Bertz CT molecular complexity index is 417. The van der Waals surface area contributed by atoms with Crippen LogP contribution in [0.4, 0.5) is 0 Å². The Morgan fingerprint density at radius 1 is 1.32 bits per heavy atom. The van der Waals surface area contributed by atoms with Gasteiger partial charge in [0, 0.05) is 12.0 Å². The first-order chi connectivity index (χ1) is 9.28. The maximum absolute atomic E-state index is 6.42. The highest BCUT2D eigenvalue weighted by Gasteiger charge is 2.43. The molecule has 4 unspecified atom stereocenters. The second-order valence-electron chi connectivity index (χ2n) is 5.72. The maximum atomic E-state index is 6.42. The lowest BCUT2D eigenvalue weighted by Gasteiger charge is -2.25. The average Bonchev–Trinajstić information content (AvgIpc) is 3.07. The molecule has 0 saturated carbocycles. The van der Waals surface area contributed by atoms with Crippen molar-refractivity contribution in [2.24, 2.45) is 11.7 Å². The van der Waals surface area contributed by atoms with E-state index in [-0.39, 0.29) is 6.04 Å². The zero-order chi connectivity index (χ0) is 13.2. The molecule has 3 heteroatoms. The summed E-state index contributed by atoms with van der Waals surface area (Å²) in [5.74, 6) is 1.42. The summed E-state index contributed by atoms with van der Waals surface area (Å²) in [6, 6.07) is 8.34. The van der Waals surface area contributed by atoms with E-state index in [1.165, 1.54) is 18.4 Å². The van der Waals surface area contributed by atoms with Crippen molar-refractivity contribution in [3.8, 4) is 5.75 Å². The molecule has 0 radical (unpaired) electrons. The summed E-state index contributed by atoms with van der Waals surface area (Å²) in [6.45, 7) is 2.88. The van der Waals surface area contributed by atoms with E-state index in [2.05, 4.69) is 19.1 Å². The number of hydrogen-bond donors (Lipinski definition) is 1. The van der Waals surface area contributed by atoms with Crippen LogP contribution in [0.5, 0.6) is 5.75 Å². The quantitative estimate of drug-likeness (QED) is 0.886. The van der Waals surface area contributed by atoms with E-state index in [0.29, 0.717) is 18.1 Å². The van der Waals surface area contributed by atoms with Gasteiger partial charge in [0.15, 0.2) is 0 Å². The van der Waals surface area contributed by atoms with Crippen LogP contribution in [-0.4, -0.2) is 18.8 Å². The Hall–Kier alpha value is -1.06. The predicted molar refractivity (Wildman–Crippen MR) is 75.2 cm³/mol. The van der Waals surface area contributed by atoms with Gasteiger partial charge in [-0.15, -0.1) is 0 Å². The first kappa shape index (κ1) is 12.9. The van der Waals surface area contributed by atoms with E-state index in [9.17, 15) is 0 Å². The molecule has 104 valence electrons. The van der Waals surface area contributed by atoms with Crippen LogP contribution in [-0.2, 0) is 4.74 Å². The van der Waals surface area contributed by atoms with E-state index in [0.717, 1.165) is 25.2 Å². The molecule has 2 heterocycles. The molecule has 2 aliphatic rings. The summed E-state index contributed by atoms with van der Waals surface area (Å²) in [6.07, 6.45) is 5.41. The second kappa shape index (κ2) is 5.51. The molecule has 2 aliphatic heterocycles. The molecule has 3 nitrogen and oxygen atoms in total. The SMILES string of the molecule is CCCOc1ccc(C(N)C2CC3CCC2O3)cc1. The lowest BCUT2D eigenvalue weighted by molar-refractivity contribution is 0.0885. The smallest absolute Gasteiger partial charge is 0.119 e. The molecule has 0 aromatic heterocycles. The van der Waals surface area contributed by atoms with Gasteiger partial charge in [0.1, 0.15) is 5.75 Å². The summed E-state index contributed by atoms with van der Waals surface area (Å²) in [7, 11) is 0. The molecule has 1 aromatic carbocycles. The zero-order valence-electron chi connectivity index (χ0n) is 11.5. The molecule has 2 fully saturated rings. The number of benzene rings is 1. The molecule has 2 saturated heterocycles. The molecular weight excluding hydrogens is 238 g/mol. The van der Waals surface area contributed by atoms with Crippen molar-refractivity contribution in [2.45, 2.75) is 50.9 Å². The zero-order valence-corrected chi connectivity index (χ0v) is 11.5. The lowest BCUT2D eigenvalue weighted by Crippen LogP contribution is -2.29. The van der Waals surface area contributed by atoms with Crippen molar-refractivity contribution in [3.05, 3.63) is 29.8 Å². The van der Waals surface area contributed by atoms with Crippen LogP contribution in [0.3, 0.4) is 0 Å². The molecular formula is C16H23NO2. The molecule has 0 aliphatic carbocycles. The van der Waals surface area contributed by atoms with Crippen molar-refractivity contribution in [2.75, 3.05) is 6.61 Å². The van der Waals surface area contributed by atoms with Crippen LogP contribution in [0.2, 0.25) is 0 Å². The molecule has 2 bridgehead atoms. The number of rotatable bonds is 5. The Kier molecular flexibility index (Phi) is 3.76. The third kappa shape index (κ3) is 2.63. The topological polar surface area (TPSA) is 44.5 Å². The minimum atomic E-state index is 0.0931. The van der Waals surface area contributed by atoms with Crippen LogP contribution in [0.25, 0.3) is 0 Å². The van der Waals surface area contributed by atoms with Crippen molar-refractivity contribution in [1.29, 1.82) is 0 Å². The largest absolute Gasteiger partial charge is 0.494 e. The first-order valence-electron chi connectivity index (χ1n) is 7.41. The van der Waals surface area contributed by atoms with Gasteiger partial charge in [-0.05, 0) is 43.4 Å². The van der Waals surface area contributed by atoms with Gasteiger partial charge in [-0.3, -0.25) is 0 Å². The minimum absolute atomic E-state index is 0.0931. The fraction of sp³-hybridized carbons (Fsp3) is 0.625. The van der Waals surface area contributed by atoms with Crippen molar-refractivity contribution in [3.63, 3.8) is 0 Å². The van der Waals surface area contributed by atoms with Gasteiger partial charge < -0.3 is 15.2 Å². The predicted octanol–water partition coefficient (Wildman–Crippen LogP) is 3.04. The summed E-state index contributed by atoms with van der Waals surface area (Å²) in [4.78, 5) is 0. The van der Waals surface area contributed by atoms with Crippen LogP contribution in [0.15, 0.2) is 24.3 Å². The van der Waals surface area contributed by atoms with Crippen LogP contribution < -0.4 is 10.5 Å². The van der Waals surface area contributed by atoms with Gasteiger partial charge in [0.2, 0.25) is 0 Å². The minimum Gasteiger partial charge on any atom is -0.494 e. The third-order valence-electron chi connectivity index (χ3n) is 4.35. The second-order valence-corrected chi connectivity index (χ2v) is 5.72. The molecule has 0 spiro atoms. The summed E-state index contributed by atoms with van der Waals surface area (Å²) in [5, 5.41) is 0. The van der Waals surface area contributed by atoms with E-state index in [1.807, 2.05) is 12.1 Å². The van der Waals surface area contributed by atoms with Gasteiger partial charge in [-0.2, -0.15) is 0 Å². The Morgan fingerprint density at radius 3 is 2.68 bits per heavy atom. The highest BCUT2D eigenvalue weighted by Crippen LogP contribution is 2.43. The van der Waals surface area contributed by atoms with Crippen molar-refractivity contribution in [1.82, 2.24) is 0 Å². The number of nitrogens with two attached hydrogens (primary N) is 1. The number of fused-ring (bicyclic) bond motifs is 2. The average molecular weight is 261 g/mol. The third-order valence-corrected chi connectivity index (χ3v) is 4.35. The van der Waals surface area contributed by atoms with Gasteiger partial charge in [0.25, 0.3) is 0 Å². The van der Waals surface area contributed by atoms with Crippen molar-refractivity contribution >= 4 is 0 Å². The van der Waals surface area contributed by atoms with E-state index in [1.54, 1.807) is 0 Å². The van der Waals surface area contributed by atoms with Crippen LogP contribution >= 0.6 is 0 Å². The highest BCUT2D eigenvalue weighted by atomic mass is 16.5. The molecule has 3 rings (SSSR count). The lowest BCUT2D eigenvalue weighted by atomic mass is 9.81. The Labute approximate surface area is 115 Å². The molecule has 2 N–H and O–H groups in total. The van der Waals surface area contributed by atoms with Gasteiger partial charge in [-0.25, -0.2) is 0 Å². The van der Waals surface area contributed by atoms with Crippen LogP contribution in [0, 0.1) is 5.92 Å². The fourth-order valence-corrected chi connectivity index (χ4v) is 3.31. The summed E-state index contributed by atoms with van der Waals surface area (Å²) < 4.78 is 11.5. The monoisotopic (exact) mass is 261 g/mol. The van der Waals surface area contributed by atoms with Gasteiger partial charge >= 0.3 is 0 Å². The first-order valence-corrected chi connectivity index (χ1v) is 7.41. The molecule has 19 heavy (non-hydrogen) atoms. The van der Waals surface area contributed by atoms with Gasteiger partial charge in [-0.1, -0.05) is 19.1 Å². The molecule has 1 aromatic rings. The molecule has 0 amide bonds. The normalized spacial score (nSPS) is 30.5. The van der Waals surface area contributed by atoms with Crippen molar-refractivity contribution < 1.29 is 9.47 Å². The van der Waals surface area contributed by atoms with Crippen LogP contribution in [0.1, 0.15) is 44.2 Å². The summed E-state index contributed by atoms with van der Waals surface area (Å²) >= 11 is 0. The Morgan fingerprint density at radius 2 is 2.11 bits per heavy atom. The highest BCUT2D eigenvalue weighted by molar-refractivity contribution is 5.29. The van der Waals surface area contributed by atoms with Gasteiger partial charge in [0.05, 0.1) is 18.8 Å². The van der Waals surface area contributed by atoms with E-state index < -0.39 is 0 Å². The van der Waals surface area contributed by atoms with E-state index in [4.69, 9.17) is 15.2 Å².